The second-order valence-corrected chi connectivity index (χ2v) is 5.12. The van der Waals surface area contributed by atoms with E-state index in [1.165, 1.54) is 11.3 Å². The fourth-order valence-corrected chi connectivity index (χ4v) is 1.55. The molecular formula is C13H20N2O7S. The van der Waals surface area contributed by atoms with Crippen molar-refractivity contribution in [3.05, 3.63) is 23.7 Å². The molecule has 23 heavy (non-hydrogen) atoms. The summed E-state index contributed by atoms with van der Waals surface area (Å²) in [5.41, 5.74) is 0. The van der Waals surface area contributed by atoms with Crippen molar-refractivity contribution in [3.8, 4) is 5.19 Å². The topological polar surface area (TPSA) is 149 Å². The molecule has 0 amide bonds. The molecule has 9 nitrogen and oxygen atoms in total. The van der Waals surface area contributed by atoms with Gasteiger partial charge in [0.1, 0.15) is 12.7 Å². The van der Waals surface area contributed by atoms with E-state index in [0.29, 0.717) is 23.9 Å². The molecule has 1 heterocycles. The number of nitrogens with zero attached hydrogens (tertiary/aromatic N) is 1. The van der Waals surface area contributed by atoms with Gasteiger partial charge in [0, 0.05) is 36.3 Å². The van der Waals surface area contributed by atoms with Crippen molar-refractivity contribution in [2.24, 2.45) is 0 Å². The van der Waals surface area contributed by atoms with Crippen LogP contribution in [0.2, 0.25) is 0 Å². The summed E-state index contributed by atoms with van der Waals surface area (Å²) in [5, 5.41) is 39.2. The van der Waals surface area contributed by atoms with E-state index in [9.17, 15) is 14.7 Å². The number of hydrogen-bond donors (Lipinski definition) is 5. The van der Waals surface area contributed by atoms with E-state index in [2.05, 4.69) is 10.3 Å². The van der Waals surface area contributed by atoms with Crippen LogP contribution in [-0.4, -0.2) is 69.3 Å². The lowest BCUT2D eigenvalue weighted by molar-refractivity contribution is -0.134. The number of hydrogen-bond acceptors (Lipinski definition) is 8. The Balaban J connectivity index is 0.000000515. The predicted octanol–water partition coefficient (Wildman–Crippen LogP) is -0.435. The van der Waals surface area contributed by atoms with Gasteiger partial charge in [-0.05, 0) is 6.92 Å². The molecule has 5 N–H and O–H groups in total. The van der Waals surface area contributed by atoms with Crippen LogP contribution in [0.4, 0.5) is 0 Å². The summed E-state index contributed by atoms with van der Waals surface area (Å²) in [6.45, 7) is 2.50. The minimum atomic E-state index is -1.26. The predicted molar refractivity (Wildman–Crippen MR) is 82.6 cm³/mol. The van der Waals surface area contributed by atoms with E-state index in [0.717, 1.165) is 0 Å². The maximum absolute atomic E-state index is 9.55. The van der Waals surface area contributed by atoms with Crippen molar-refractivity contribution >= 4 is 23.3 Å². The van der Waals surface area contributed by atoms with Gasteiger partial charge >= 0.3 is 11.9 Å². The van der Waals surface area contributed by atoms with Crippen LogP contribution in [-0.2, 0) is 9.59 Å². The molecule has 1 rings (SSSR count). The minimum absolute atomic E-state index is 0.0143. The summed E-state index contributed by atoms with van der Waals surface area (Å²) < 4.78 is 5.23. The summed E-state index contributed by atoms with van der Waals surface area (Å²) in [5.74, 6) is -2.51. The van der Waals surface area contributed by atoms with Crippen molar-refractivity contribution in [2.75, 3.05) is 19.8 Å². The first-order valence-electron chi connectivity index (χ1n) is 6.53. The first-order chi connectivity index (χ1) is 10.8. The van der Waals surface area contributed by atoms with E-state index < -0.39 is 18.0 Å². The number of carboxylic acids is 2. The van der Waals surface area contributed by atoms with E-state index in [1.54, 1.807) is 6.20 Å². The van der Waals surface area contributed by atoms with Gasteiger partial charge in [0.15, 0.2) is 0 Å². The molecule has 0 spiro atoms. The lowest BCUT2D eigenvalue weighted by Gasteiger charge is -2.14. The van der Waals surface area contributed by atoms with Gasteiger partial charge in [-0.25, -0.2) is 14.6 Å². The molecule has 0 saturated heterocycles. The van der Waals surface area contributed by atoms with Crippen LogP contribution in [0.15, 0.2) is 23.7 Å². The van der Waals surface area contributed by atoms with Gasteiger partial charge in [0.25, 0.3) is 5.19 Å². The Morgan fingerprint density at radius 3 is 2.43 bits per heavy atom. The Kier molecular flexibility index (Phi) is 11.4. The van der Waals surface area contributed by atoms with Crippen molar-refractivity contribution < 1.29 is 34.8 Å². The molecule has 0 fully saturated rings. The van der Waals surface area contributed by atoms with Crippen LogP contribution in [0, 0.1) is 0 Å². The van der Waals surface area contributed by atoms with E-state index in [-0.39, 0.29) is 19.3 Å². The molecule has 0 radical (unpaired) electrons. The number of aliphatic hydroxyl groups is 2. The molecular weight excluding hydrogens is 328 g/mol. The smallest absolute Gasteiger partial charge is 0.328 e. The zero-order valence-corrected chi connectivity index (χ0v) is 13.3. The van der Waals surface area contributed by atoms with E-state index >= 15 is 0 Å². The largest absolute Gasteiger partial charge is 0.478 e. The Morgan fingerprint density at radius 1 is 1.39 bits per heavy atom. The molecule has 2 unspecified atom stereocenters. The van der Waals surface area contributed by atoms with Crippen molar-refractivity contribution in [1.29, 1.82) is 0 Å². The maximum atomic E-state index is 9.55. The lowest BCUT2D eigenvalue weighted by Crippen LogP contribution is -2.38. The molecule has 1 aromatic heterocycles. The minimum Gasteiger partial charge on any atom is -0.478 e. The number of carbonyl (C=O) groups is 2. The van der Waals surface area contributed by atoms with Crippen molar-refractivity contribution in [3.63, 3.8) is 0 Å². The molecule has 0 aliphatic heterocycles. The maximum Gasteiger partial charge on any atom is 0.328 e. The summed E-state index contributed by atoms with van der Waals surface area (Å²) in [6.07, 6.45) is 2.17. The highest BCUT2D eigenvalue weighted by Crippen LogP contribution is 2.13. The number of nitrogens with one attached hydrogen (secondary N) is 1. The second kappa shape index (κ2) is 12.5. The molecule has 0 aromatic carbocycles. The standard InChI is InChI=1S/C9H16N2O3S.C4H4O4/c1-7(5-12)11-4-8(13)6-14-9-10-2-3-15-9;5-3(6)1-2-4(7)8/h2-3,7-8,11-13H,4-6H2,1H3;1-2H,(H,5,6)(H,7,8)/b;2-1-. The van der Waals surface area contributed by atoms with Crippen LogP contribution >= 0.6 is 11.3 Å². The van der Waals surface area contributed by atoms with Crippen LogP contribution in [0.5, 0.6) is 5.19 Å². The van der Waals surface area contributed by atoms with Crippen molar-refractivity contribution in [2.45, 2.75) is 19.1 Å². The van der Waals surface area contributed by atoms with Gasteiger partial charge in [-0.15, -0.1) is 0 Å². The molecule has 2 atom stereocenters. The van der Waals surface area contributed by atoms with Gasteiger partial charge in [-0.1, -0.05) is 11.3 Å². The summed E-state index contributed by atoms with van der Waals surface area (Å²) in [6, 6.07) is -0.0143. The van der Waals surface area contributed by atoms with Crippen LogP contribution in [0.3, 0.4) is 0 Å². The Labute approximate surface area is 136 Å². The molecule has 10 heteroatoms. The van der Waals surface area contributed by atoms with E-state index in [1.807, 2.05) is 12.3 Å². The van der Waals surface area contributed by atoms with Gasteiger partial charge < -0.3 is 30.5 Å². The monoisotopic (exact) mass is 348 g/mol. The SMILES string of the molecule is CC(CO)NCC(O)COc1nccs1.O=C(O)/C=C\C(=O)O. The molecule has 130 valence electrons. The number of aliphatic carboxylic acids is 2. The molecule has 0 bridgehead atoms. The third-order valence-corrected chi connectivity index (χ3v) is 2.84. The normalized spacial score (nSPS) is 13.0. The highest BCUT2D eigenvalue weighted by molar-refractivity contribution is 7.11. The quantitative estimate of drug-likeness (QED) is 0.374. The molecule has 0 saturated carbocycles. The first-order valence-corrected chi connectivity index (χ1v) is 7.41. The van der Waals surface area contributed by atoms with Crippen LogP contribution in [0.1, 0.15) is 6.92 Å². The first kappa shape index (κ1) is 21.0. The number of carboxylic acid groups (broad SMARTS) is 2. The van der Waals surface area contributed by atoms with Crippen molar-refractivity contribution in [1.82, 2.24) is 10.3 Å². The fraction of sp³-hybridized carbons (Fsp3) is 0.462. The highest BCUT2D eigenvalue weighted by Gasteiger charge is 2.07. The van der Waals surface area contributed by atoms with Crippen LogP contribution < -0.4 is 10.1 Å². The molecule has 0 aliphatic rings. The van der Waals surface area contributed by atoms with Crippen LogP contribution in [0.25, 0.3) is 0 Å². The summed E-state index contributed by atoms with van der Waals surface area (Å²) >= 11 is 1.39. The Bertz CT molecular complexity index is 463. The average Bonchev–Trinajstić information content (AvgIpc) is 3.02. The average molecular weight is 348 g/mol. The number of rotatable bonds is 9. The number of aromatic nitrogens is 1. The van der Waals surface area contributed by atoms with Gasteiger partial charge in [0.2, 0.25) is 0 Å². The van der Waals surface area contributed by atoms with Gasteiger partial charge in [-0.3, -0.25) is 0 Å². The van der Waals surface area contributed by atoms with E-state index in [4.69, 9.17) is 20.1 Å². The lowest BCUT2D eigenvalue weighted by atomic mass is 10.3. The molecule has 0 aliphatic carbocycles. The third-order valence-electron chi connectivity index (χ3n) is 2.15. The Hall–Kier alpha value is -2.01. The Morgan fingerprint density at radius 2 is 2.00 bits per heavy atom. The van der Waals surface area contributed by atoms with Gasteiger partial charge in [-0.2, -0.15) is 0 Å². The zero-order chi connectivity index (χ0) is 17.7. The fourth-order valence-electron chi connectivity index (χ4n) is 1.05. The van der Waals surface area contributed by atoms with Gasteiger partial charge in [0.05, 0.1) is 6.61 Å². The number of aliphatic hydroxyl groups excluding tert-OH is 2. The highest BCUT2D eigenvalue weighted by atomic mass is 32.1. The number of thiazole rings is 1. The number of ether oxygens (including phenoxy) is 1. The summed E-state index contributed by atoms with van der Waals surface area (Å²) in [7, 11) is 0. The second-order valence-electron chi connectivity index (χ2n) is 4.26. The molecule has 1 aromatic rings. The summed E-state index contributed by atoms with van der Waals surface area (Å²) in [4.78, 5) is 23.0. The third kappa shape index (κ3) is 13.4. The zero-order valence-electron chi connectivity index (χ0n) is 12.5.